The molecule has 6 nitrogen and oxygen atoms in total. The highest BCUT2D eigenvalue weighted by Gasteiger charge is 2.26. The molecule has 6 heteroatoms. The highest BCUT2D eigenvalue weighted by Crippen LogP contribution is 2.14. The SMILES string of the molecule is CCCn1nc(C)c(C(=O)NCC2CNCC2O)c1C. The van der Waals surface area contributed by atoms with Gasteiger partial charge in [-0.05, 0) is 20.3 Å². The second-order valence-corrected chi connectivity index (χ2v) is 5.46. The molecule has 1 saturated heterocycles. The number of β-amino-alcohol motifs (C(OH)–C–C–N with tert-alkyl or cyclic N) is 1. The fourth-order valence-corrected chi connectivity index (χ4v) is 2.69. The standard InChI is InChI=1S/C14H24N4O2/c1-4-5-18-10(3)13(9(2)17-18)14(20)16-7-11-6-15-8-12(11)19/h11-12,15,19H,4-8H2,1-3H3,(H,16,20). The topological polar surface area (TPSA) is 79.2 Å². The number of nitrogens with one attached hydrogen (secondary N) is 2. The molecule has 2 heterocycles. The zero-order chi connectivity index (χ0) is 14.7. The molecule has 0 aromatic carbocycles. The smallest absolute Gasteiger partial charge is 0.255 e. The van der Waals surface area contributed by atoms with E-state index in [4.69, 9.17) is 0 Å². The maximum absolute atomic E-state index is 12.3. The third kappa shape index (κ3) is 3.02. The van der Waals surface area contributed by atoms with Gasteiger partial charge in [0.1, 0.15) is 0 Å². The molecule has 1 amide bonds. The van der Waals surface area contributed by atoms with E-state index in [0.29, 0.717) is 18.7 Å². The summed E-state index contributed by atoms with van der Waals surface area (Å²) in [5, 5.41) is 20.2. The van der Waals surface area contributed by atoms with Gasteiger partial charge < -0.3 is 15.7 Å². The number of nitrogens with zero attached hydrogens (tertiary/aromatic N) is 2. The van der Waals surface area contributed by atoms with Crippen molar-refractivity contribution in [1.82, 2.24) is 20.4 Å². The molecule has 0 saturated carbocycles. The lowest BCUT2D eigenvalue weighted by Gasteiger charge is -2.14. The number of aromatic nitrogens is 2. The predicted octanol–water partition coefficient (Wildman–Crippen LogP) is 0.220. The second kappa shape index (κ2) is 6.37. The van der Waals surface area contributed by atoms with E-state index in [0.717, 1.165) is 30.9 Å². The zero-order valence-corrected chi connectivity index (χ0v) is 12.4. The monoisotopic (exact) mass is 280 g/mol. The maximum atomic E-state index is 12.3. The number of aliphatic hydroxyl groups is 1. The van der Waals surface area contributed by atoms with Crippen molar-refractivity contribution in [1.29, 1.82) is 0 Å². The highest BCUT2D eigenvalue weighted by molar-refractivity contribution is 5.96. The van der Waals surface area contributed by atoms with Gasteiger partial charge in [0, 0.05) is 37.8 Å². The largest absolute Gasteiger partial charge is 0.391 e. The van der Waals surface area contributed by atoms with Gasteiger partial charge in [0.25, 0.3) is 5.91 Å². The number of rotatable bonds is 5. The van der Waals surface area contributed by atoms with Crippen LogP contribution in [0.15, 0.2) is 0 Å². The molecule has 0 bridgehead atoms. The maximum Gasteiger partial charge on any atom is 0.255 e. The summed E-state index contributed by atoms with van der Waals surface area (Å²) < 4.78 is 1.89. The van der Waals surface area contributed by atoms with Gasteiger partial charge in [-0.1, -0.05) is 6.92 Å². The Morgan fingerprint density at radius 1 is 1.50 bits per heavy atom. The quantitative estimate of drug-likeness (QED) is 0.721. The van der Waals surface area contributed by atoms with Crippen LogP contribution in [0.2, 0.25) is 0 Å². The lowest BCUT2D eigenvalue weighted by molar-refractivity contribution is 0.0925. The molecule has 2 atom stereocenters. The van der Waals surface area contributed by atoms with E-state index in [1.807, 2.05) is 18.5 Å². The molecule has 2 unspecified atom stereocenters. The zero-order valence-electron chi connectivity index (χ0n) is 12.4. The average Bonchev–Trinajstić information content (AvgIpc) is 2.92. The molecule has 1 aromatic heterocycles. The predicted molar refractivity (Wildman–Crippen MR) is 76.7 cm³/mol. The van der Waals surface area contributed by atoms with Crippen LogP contribution in [0, 0.1) is 19.8 Å². The molecule has 3 N–H and O–H groups in total. The molecule has 0 aliphatic carbocycles. The Morgan fingerprint density at radius 3 is 2.85 bits per heavy atom. The number of hydrogen-bond donors (Lipinski definition) is 3. The number of carbonyl (C=O) groups excluding carboxylic acids is 1. The van der Waals surface area contributed by atoms with Gasteiger partial charge in [0.2, 0.25) is 0 Å². The van der Waals surface area contributed by atoms with Crippen molar-refractivity contribution in [3.8, 4) is 0 Å². The Morgan fingerprint density at radius 2 is 2.25 bits per heavy atom. The average molecular weight is 280 g/mol. The molecule has 112 valence electrons. The molecule has 1 fully saturated rings. The van der Waals surface area contributed by atoms with E-state index >= 15 is 0 Å². The van der Waals surface area contributed by atoms with Crippen molar-refractivity contribution < 1.29 is 9.90 Å². The van der Waals surface area contributed by atoms with Gasteiger partial charge in [0.15, 0.2) is 0 Å². The summed E-state index contributed by atoms with van der Waals surface area (Å²) in [5.74, 6) is -0.00768. The number of aliphatic hydroxyl groups excluding tert-OH is 1. The van der Waals surface area contributed by atoms with E-state index in [1.54, 1.807) is 0 Å². The summed E-state index contributed by atoms with van der Waals surface area (Å²) in [6.07, 6.45) is 0.614. The Balaban J connectivity index is 2.01. The van der Waals surface area contributed by atoms with E-state index in [-0.39, 0.29) is 17.9 Å². The second-order valence-electron chi connectivity index (χ2n) is 5.46. The van der Waals surface area contributed by atoms with Crippen LogP contribution in [-0.2, 0) is 6.54 Å². The highest BCUT2D eigenvalue weighted by atomic mass is 16.3. The fraction of sp³-hybridized carbons (Fsp3) is 0.714. The van der Waals surface area contributed by atoms with Crippen LogP contribution >= 0.6 is 0 Å². The first-order valence-corrected chi connectivity index (χ1v) is 7.25. The van der Waals surface area contributed by atoms with Crippen LogP contribution < -0.4 is 10.6 Å². The number of aryl methyl sites for hydroxylation is 2. The van der Waals surface area contributed by atoms with Crippen molar-refractivity contribution in [2.24, 2.45) is 5.92 Å². The molecular weight excluding hydrogens is 256 g/mol. The molecular formula is C14H24N4O2. The van der Waals surface area contributed by atoms with Crippen LogP contribution in [0.4, 0.5) is 0 Å². The third-order valence-corrected chi connectivity index (χ3v) is 3.87. The minimum Gasteiger partial charge on any atom is -0.391 e. The molecule has 2 rings (SSSR count). The fourth-order valence-electron chi connectivity index (χ4n) is 2.69. The van der Waals surface area contributed by atoms with Crippen molar-refractivity contribution >= 4 is 5.91 Å². The van der Waals surface area contributed by atoms with Gasteiger partial charge >= 0.3 is 0 Å². The Labute approximate surface area is 119 Å². The van der Waals surface area contributed by atoms with Crippen LogP contribution in [0.3, 0.4) is 0 Å². The van der Waals surface area contributed by atoms with E-state index in [9.17, 15) is 9.90 Å². The van der Waals surface area contributed by atoms with Crippen LogP contribution in [0.25, 0.3) is 0 Å². The summed E-state index contributed by atoms with van der Waals surface area (Å²) in [7, 11) is 0. The number of amides is 1. The van der Waals surface area contributed by atoms with Gasteiger partial charge in [-0.15, -0.1) is 0 Å². The molecule has 1 aliphatic rings. The summed E-state index contributed by atoms with van der Waals surface area (Å²) in [6.45, 7) is 8.54. The van der Waals surface area contributed by atoms with Crippen molar-refractivity contribution in [3.05, 3.63) is 17.0 Å². The molecule has 20 heavy (non-hydrogen) atoms. The minimum atomic E-state index is -0.375. The summed E-state index contributed by atoms with van der Waals surface area (Å²) in [5.41, 5.74) is 2.34. The van der Waals surface area contributed by atoms with Gasteiger partial charge in [0.05, 0.1) is 17.4 Å². The van der Waals surface area contributed by atoms with Gasteiger partial charge in [-0.3, -0.25) is 9.48 Å². The first-order chi connectivity index (χ1) is 9.54. The normalized spacial score (nSPS) is 22.2. The van der Waals surface area contributed by atoms with E-state index < -0.39 is 0 Å². The van der Waals surface area contributed by atoms with Crippen LogP contribution in [0.5, 0.6) is 0 Å². The van der Waals surface area contributed by atoms with Crippen molar-refractivity contribution in [2.45, 2.75) is 39.8 Å². The van der Waals surface area contributed by atoms with E-state index in [1.165, 1.54) is 0 Å². The molecule has 1 aromatic rings. The van der Waals surface area contributed by atoms with Crippen molar-refractivity contribution in [2.75, 3.05) is 19.6 Å². The first-order valence-electron chi connectivity index (χ1n) is 7.25. The lowest BCUT2D eigenvalue weighted by Crippen LogP contribution is -2.34. The third-order valence-electron chi connectivity index (χ3n) is 3.87. The van der Waals surface area contributed by atoms with Crippen LogP contribution in [0.1, 0.15) is 35.1 Å². The number of hydrogen-bond acceptors (Lipinski definition) is 4. The van der Waals surface area contributed by atoms with Gasteiger partial charge in [-0.25, -0.2) is 0 Å². The Bertz CT molecular complexity index is 484. The number of carbonyl (C=O) groups is 1. The lowest BCUT2D eigenvalue weighted by atomic mass is 10.1. The Hall–Kier alpha value is -1.40. The molecule has 1 aliphatic heterocycles. The Kier molecular flexibility index (Phi) is 4.77. The van der Waals surface area contributed by atoms with Crippen molar-refractivity contribution in [3.63, 3.8) is 0 Å². The molecule has 0 spiro atoms. The molecule has 0 radical (unpaired) electrons. The minimum absolute atomic E-state index is 0.0882. The van der Waals surface area contributed by atoms with Crippen LogP contribution in [-0.4, -0.2) is 46.5 Å². The van der Waals surface area contributed by atoms with Gasteiger partial charge in [-0.2, -0.15) is 5.10 Å². The summed E-state index contributed by atoms with van der Waals surface area (Å²) in [6, 6.07) is 0. The summed E-state index contributed by atoms with van der Waals surface area (Å²) in [4.78, 5) is 12.3. The van der Waals surface area contributed by atoms with E-state index in [2.05, 4.69) is 22.7 Å². The first kappa shape index (κ1) is 15.0. The summed E-state index contributed by atoms with van der Waals surface area (Å²) >= 11 is 0.